The predicted octanol–water partition coefficient (Wildman–Crippen LogP) is 4.87. The number of ether oxygens (including phenoxy) is 1. The zero-order valence-electron chi connectivity index (χ0n) is 14.8. The summed E-state index contributed by atoms with van der Waals surface area (Å²) in [6.45, 7) is 4.54. The molecule has 0 bridgehead atoms. The van der Waals surface area contributed by atoms with Crippen molar-refractivity contribution in [2.75, 3.05) is 26.2 Å². The van der Waals surface area contributed by atoms with E-state index in [4.69, 9.17) is 10.00 Å². The molecule has 1 aliphatic rings. The Morgan fingerprint density at radius 1 is 0.840 bits per heavy atom. The molecule has 0 atom stereocenters. The molecule has 130 valence electrons. The highest BCUT2D eigenvalue weighted by atomic mass is 16.5. The van der Waals surface area contributed by atoms with Crippen LogP contribution in [0.15, 0.2) is 48.5 Å². The first kappa shape index (κ1) is 17.5. The van der Waals surface area contributed by atoms with Gasteiger partial charge in [0.1, 0.15) is 5.75 Å². The van der Waals surface area contributed by atoms with Crippen LogP contribution >= 0.6 is 0 Å². The summed E-state index contributed by atoms with van der Waals surface area (Å²) >= 11 is 0. The number of likely N-dealkylation sites (tertiary alicyclic amines) is 1. The minimum absolute atomic E-state index is 0.688. The van der Waals surface area contributed by atoms with Crippen LogP contribution in [0.2, 0.25) is 0 Å². The maximum absolute atomic E-state index is 8.86. The molecule has 0 aliphatic carbocycles. The molecule has 1 aliphatic heterocycles. The van der Waals surface area contributed by atoms with Crippen LogP contribution in [0.3, 0.4) is 0 Å². The van der Waals surface area contributed by atoms with Crippen LogP contribution in [0.1, 0.15) is 37.7 Å². The van der Waals surface area contributed by atoms with E-state index in [1.54, 1.807) is 0 Å². The van der Waals surface area contributed by atoms with Crippen LogP contribution < -0.4 is 4.74 Å². The van der Waals surface area contributed by atoms with Crippen LogP contribution in [0, 0.1) is 11.3 Å². The fourth-order valence-corrected chi connectivity index (χ4v) is 3.29. The highest BCUT2D eigenvalue weighted by Gasteiger charge is 2.08. The molecule has 0 spiro atoms. The summed E-state index contributed by atoms with van der Waals surface area (Å²) in [7, 11) is 0. The molecular weight excluding hydrogens is 308 g/mol. The summed E-state index contributed by atoms with van der Waals surface area (Å²) in [4.78, 5) is 2.58. The second-order valence-electron chi connectivity index (χ2n) is 6.67. The van der Waals surface area contributed by atoms with Gasteiger partial charge < -0.3 is 9.64 Å². The summed E-state index contributed by atoms with van der Waals surface area (Å²) in [5, 5.41) is 8.86. The van der Waals surface area contributed by atoms with Crippen LogP contribution in [0.4, 0.5) is 0 Å². The number of hydrogen-bond acceptors (Lipinski definition) is 3. The monoisotopic (exact) mass is 334 g/mol. The molecule has 0 saturated carbocycles. The Morgan fingerprint density at radius 3 is 2.12 bits per heavy atom. The third-order valence-electron chi connectivity index (χ3n) is 4.79. The number of hydrogen-bond donors (Lipinski definition) is 0. The molecule has 2 aromatic rings. The average molecular weight is 334 g/mol. The minimum atomic E-state index is 0.688. The highest BCUT2D eigenvalue weighted by molar-refractivity contribution is 5.64. The molecule has 25 heavy (non-hydrogen) atoms. The predicted molar refractivity (Wildman–Crippen MR) is 102 cm³/mol. The first-order valence-corrected chi connectivity index (χ1v) is 9.31. The van der Waals surface area contributed by atoms with Gasteiger partial charge in [0.25, 0.3) is 0 Å². The van der Waals surface area contributed by atoms with E-state index in [9.17, 15) is 0 Å². The molecule has 1 heterocycles. The van der Waals surface area contributed by atoms with Gasteiger partial charge in [0.15, 0.2) is 0 Å². The Hall–Kier alpha value is -2.31. The second-order valence-corrected chi connectivity index (χ2v) is 6.67. The van der Waals surface area contributed by atoms with Gasteiger partial charge >= 0.3 is 0 Å². The highest BCUT2D eigenvalue weighted by Crippen LogP contribution is 2.23. The van der Waals surface area contributed by atoms with Gasteiger partial charge in [-0.15, -0.1) is 0 Å². The number of piperidine rings is 1. The lowest BCUT2D eigenvalue weighted by atomic mass is 10.0. The molecule has 2 aromatic carbocycles. The topological polar surface area (TPSA) is 36.3 Å². The molecular formula is C22H26N2O. The lowest BCUT2D eigenvalue weighted by Gasteiger charge is -2.26. The van der Waals surface area contributed by atoms with Gasteiger partial charge in [0.05, 0.1) is 18.2 Å². The van der Waals surface area contributed by atoms with E-state index >= 15 is 0 Å². The first-order valence-electron chi connectivity index (χ1n) is 9.31. The molecule has 0 amide bonds. The standard InChI is InChI=1S/C22H26N2O/c23-18-19-6-8-20(9-7-19)21-10-12-22(13-11-21)25-17-5-4-16-24-14-2-1-3-15-24/h6-13H,1-5,14-17H2. The minimum Gasteiger partial charge on any atom is -0.494 e. The molecule has 3 rings (SSSR count). The van der Waals surface area contributed by atoms with Gasteiger partial charge in [-0.05, 0) is 80.7 Å². The summed E-state index contributed by atoms with van der Waals surface area (Å²) in [5.74, 6) is 0.926. The smallest absolute Gasteiger partial charge is 0.119 e. The third kappa shape index (κ3) is 5.34. The van der Waals surface area contributed by atoms with Gasteiger partial charge in [-0.3, -0.25) is 0 Å². The zero-order chi connectivity index (χ0) is 17.3. The molecule has 0 radical (unpaired) electrons. The van der Waals surface area contributed by atoms with Crippen LogP contribution in [0.25, 0.3) is 11.1 Å². The summed E-state index contributed by atoms with van der Waals surface area (Å²) in [6, 6.07) is 18.0. The molecule has 1 fully saturated rings. The van der Waals surface area contributed by atoms with E-state index in [-0.39, 0.29) is 0 Å². The largest absolute Gasteiger partial charge is 0.494 e. The number of unbranched alkanes of at least 4 members (excludes halogenated alkanes) is 1. The van der Waals surface area contributed by atoms with Gasteiger partial charge in [-0.2, -0.15) is 5.26 Å². The Labute approximate surface area is 150 Å². The fraction of sp³-hybridized carbons (Fsp3) is 0.409. The van der Waals surface area contributed by atoms with E-state index in [0.717, 1.165) is 29.9 Å². The van der Waals surface area contributed by atoms with Crippen molar-refractivity contribution in [2.45, 2.75) is 32.1 Å². The quantitative estimate of drug-likeness (QED) is 0.678. The molecule has 1 saturated heterocycles. The molecule has 0 N–H and O–H groups in total. The summed E-state index contributed by atoms with van der Waals surface area (Å²) < 4.78 is 5.86. The summed E-state index contributed by atoms with van der Waals surface area (Å²) in [6.07, 6.45) is 6.44. The van der Waals surface area contributed by atoms with Crippen molar-refractivity contribution in [3.63, 3.8) is 0 Å². The van der Waals surface area contributed by atoms with Crippen molar-refractivity contribution in [1.82, 2.24) is 4.90 Å². The van der Waals surface area contributed by atoms with Crippen LogP contribution in [-0.2, 0) is 0 Å². The van der Waals surface area contributed by atoms with Gasteiger partial charge in [0.2, 0.25) is 0 Å². The number of rotatable bonds is 7. The Balaban J connectivity index is 1.40. The first-order chi connectivity index (χ1) is 12.3. The fourth-order valence-electron chi connectivity index (χ4n) is 3.29. The molecule has 3 nitrogen and oxygen atoms in total. The van der Waals surface area contributed by atoms with Gasteiger partial charge in [-0.25, -0.2) is 0 Å². The average Bonchev–Trinajstić information content (AvgIpc) is 2.69. The summed E-state index contributed by atoms with van der Waals surface area (Å²) in [5.41, 5.74) is 2.95. The molecule has 3 heteroatoms. The van der Waals surface area contributed by atoms with E-state index in [0.29, 0.717) is 5.56 Å². The van der Waals surface area contributed by atoms with E-state index < -0.39 is 0 Å². The Morgan fingerprint density at radius 2 is 1.48 bits per heavy atom. The van der Waals surface area contributed by atoms with Crippen molar-refractivity contribution in [1.29, 1.82) is 5.26 Å². The van der Waals surface area contributed by atoms with Crippen LogP contribution in [-0.4, -0.2) is 31.1 Å². The second kappa shape index (κ2) is 9.25. The third-order valence-corrected chi connectivity index (χ3v) is 4.79. The molecule has 0 unspecified atom stereocenters. The van der Waals surface area contributed by atoms with Crippen molar-refractivity contribution < 1.29 is 4.74 Å². The van der Waals surface area contributed by atoms with E-state index in [1.165, 1.54) is 45.3 Å². The van der Waals surface area contributed by atoms with Crippen molar-refractivity contribution in [3.8, 4) is 22.9 Å². The lowest BCUT2D eigenvalue weighted by Crippen LogP contribution is -2.30. The van der Waals surface area contributed by atoms with Crippen LogP contribution in [0.5, 0.6) is 5.75 Å². The maximum atomic E-state index is 8.86. The Bertz CT molecular complexity index is 679. The van der Waals surface area contributed by atoms with Crippen molar-refractivity contribution in [3.05, 3.63) is 54.1 Å². The number of nitrogens with zero attached hydrogens (tertiary/aromatic N) is 2. The SMILES string of the molecule is N#Cc1ccc(-c2ccc(OCCCCN3CCCCC3)cc2)cc1. The number of nitriles is 1. The van der Waals surface area contributed by atoms with Crippen molar-refractivity contribution in [2.24, 2.45) is 0 Å². The van der Waals surface area contributed by atoms with Gasteiger partial charge in [-0.1, -0.05) is 30.7 Å². The van der Waals surface area contributed by atoms with E-state index in [1.807, 2.05) is 36.4 Å². The van der Waals surface area contributed by atoms with E-state index in [2.05, 4.69) is 23.1 Å². The normalized spacial score (nSPS) is 14.8. The molecule has 0 aromatic heterocycles. The Kier molecular flexibility index (Phi) is 6.48. The van der Waals surface area contributed by atoms with Crippen molar-refractivity contribution >= 4 is 0 Å². The lowest BCUT2D eigenvalue weighted by molar-refractivity contribution is 0.216. The maximum Gasteiger partial charge on any atom is 0.119 e. The van der Waals surface area contributed by atoms with Gasteiger partial charge in [0, 0.05) is 0 Å². The number of benzene rings is 2. The zero-order valence-corrected chi connectivity index (χ0v) is 14.8.